The highest BCUT2D eigenvalue weighted by Crippen LogP contribution is 2.75. The zero-order valence-electron chi connectivity index (χ0n) is 9.85. The molecule has 0 bridgehead atoms. The SMILES string of the molecule is CCC1(C)C(C)CC12C(C)CC2C. The molecule has 0 N–H and O–H groups in total. The fraction of sp³-hybridized carbons (Fsp3) is 1.00. The van der Waals surface area contributed by atoms with Gasteiger partial charge in [0.1, 0.15) is 0 Å². The number of rotatable bonds is 1. The summed E-state index contributed by atoms with van der Waals surface area (Å²) in [7, 11) is 0. The van der Waals surface area contributed by atoms with Crippen molar-refractivity contribution in [2.24, 2.45) is 28.6 Å². The molecular weight excluding hydrogens is 156 g/mol. The van der Waals surface area contributed by atoms with E-state index in [1.165, 1.54) is 19.3 Å². The molecule has 0 radical (unpaired) electrons. The van der Waals surface area contributed by atoms with Crippen LogP contribution in [0.25, 0.3) is 0 Å². The summed E-state index contributed by atoms with van der Waals surface area (Å²) in [5.41, 5.74) is 1.39. The lowest BCUT2D eigenvalue weighted by molar-refractivity contribution is -0.252. The maximum absolute atomic E-state index is 2.54. The van der Waals surface area contributed by atoms with Crippen LogP contribution >= 0.6 is 0 Å². The largest absolute Gasteiger partial charge is 0.0648 e. The van der Waals surface area contributed by atoms with Gasteiger partial charge in [-0.3, -0.25) is 0 Å². The van der Waals surface area contributed by atoms with Crippen molar-refractivity contribution in [1.29, 1.82) is 0 Å². The van der Waals surface area contributed by atoms with E-state index < -0.39 is 0 Å². The van der Waals surface area contributed by atoms with Crippen LogP contribution in [0.4, 0.5) is 0 Å². The molecule has 0 amide bonds. The molecule has 1 spiro atoms. The van der Waals surface area contributed by atoms with Crippen LogP contribution < -0.4 is 0 Å². The van der Waals surface area contributed by atoms with Crippen LogP contribution in [0.3, 0.4) is 0 Å². The van der Waals surface area contributed by atoms with Gasteiger partial charge in [0.05, 0.1) is 0 Å². The van der Waals surface area contributed by atoms with Crippen molar-refractivity contribution in [1.82, 2.24) is 0 Å². The first-order chi connectivity index (χ1) is 5.99. The van der Waals surface area contributed by atoms with Gasteiger partial charge >= 0.3 is 0 Å². The van der Waals surface area contributed by atoms with Gasteiger partial charge in [0.15, 0.2) is 0 Å². The Morgan fingerprint density at radius 3 is 1.85 bits per heavy atom. The molecule has 2 aliphatic rings. The molecule has 2 fully saturated rings. The van der Waals surface area contributed by atoms with Gasteiger partial charge in [-0.15, -0.1) is 0 Å². The third-order valence-electron chi connectivity index (χ3n) is 6.00. The topological polar surface area (TPSA) is 0 Å². The lowest BCUT2D eigenvalue weighted by atomic mass is 9.31. The highest BCUT2D eigenvalue weighted by Gasteiger charge is 2.68. The second-order valence-corrected chi connectivity index (χ2v) is 5.95. The summed E-state index contributed by atoms with van der Waals surface area (Å²) >= 11 is 0. The van der Waals surface area contributed by atoms with E-state index in [2.05, 4.69) is 34.6 Å². The molecule has 0 saturated heterocycles. The number of hydrogen-bond donors (Lipinski definition) is 0. The quantitative estimate of drug-likeness (QED) is 0.570. The van der Waals surface area contributed by atoms with Crippen molar-refractivity contribution in [3.8, 4) is 0 Å². The molecule has 2 saturated carbocycles. The Kier molecular flexibility index (Phi) is 1.85. The van der Waals surface area contributed by atoms with Crippen LogP contribution in [0.5, 0.6) is 0 Å². The van der Waals surface area contributed by atoms with E-state index in [0.29, 0.717) is 5.41 Å². The maximum Gasteiger partial charge on any atom is -0.0187 e. The second-order valence-electron chi connectivity index (χ2n) is 5.95. The minimum atomic E-state index is 0.657. The highest BCUT2D eigenvalue weighted by atomic mass is 14.7. The van der Waals surface area contributed by atoms with Gasteiger partial charge in [0.25, 0.3) is 0 Å². The molecule has 0 nitrogen and oxygen atoms in total. The van der Waals surface area contributed by atoms with Crippen molar-refractivity contribution >= 4 is 0 Å². The first-order valence-corrected chi connectivity index (χ1v) is 5.99. The minimum absolute atomic E-state index is 0.657. The van der Waals surface area contributed by atoms with E-state index in [9.17, 15) is 0 Å². The fourth-order valence-corrected chi connectivity index (χ4v) is 4.77. The lowest BCUT2D eigenvalue weighted by Crippen LogP contribution is -2.67. The maximum atomic E-state index is 2.54. The van der Waals surface area contributed by atoms with Crippen molar-refractivity contribution in [2.75, 3.05) is 0 Å². The molecule has 76 valence electrons. The Hall–Kier alpha value is 0. The molecule has 0 heteroatoms. The first kappa shape index (κ1) is 9.55. The van der Waals surface area contributed by atoms with Crippen molar-refractivity contribution in [3.05, 3.63) is 0 Å². The van der Waals surface area contributed by atoms with Gasteiger partial charge in [0.2, 0.25) is 0 Å². The van der Waals surface area contributed by atoms with Crippen molar-refractivity contribution < 1.29 is 0 Å². The summed E-state index contributed by atoms with van der Waals surface area (Å²) < 4.78 is 0. The summed E-state index contributed by atoms with van der Waals surface area (Å²) in [6.07, 6.45) is 4.35. The molecule has 0 aromatic rings. The summed E-state index contributed by atoms with van der Waals surface area (Å²) in [5.74, 6) is 2.94. The zero-order valence-corrected chi connectivity index (χ0v) is 9.85. The normalized spacial score (nSPS) is 60.2. The highest BCUT2D eigenvalue weighted by molar-refractivity contribution is 5.16. The summed E-state index contributed by atoms with van der Waals surface area (Å²) in [5, 5.41) is 0. The molecule has 2 rings (SSSR count). The van der Waals surface area contributed by atoms with Crippen molar-refractivity contribution in [2.45, 2.75) is 53.9 Å². The van der Waals surface area contributed by atoms with Crippen LogP contribution in [0.1, 0.15) is 53.9 Å². The average molecular weight is 180 g/mol. The third kappa shape index (κ3) is 0.789. The van der Waals surface area contributed by atoms with E-state index in [0.717, 1.165) is 23.2 Å². The predicted octanol–water partition coefficient (Wildman–Crippen LogP) is 4.10. The molecule has 0 aromatic carbocycles. The van der Waals surface area contributed by atoms with Crippen LogP contribution in [0, 0.1) is 28.6 Å². The van der Waals surface area contributed by atoms with Gasteiger partial charge in [-0.1, -0.05) is 34.6 Å². The second kappa shape index (κ2) is 2.52. The first-order valence-electron chi connectivity index (χ1n) is 5.99. The Morgan fingerprint density at radius 2 is 1.62 bits per heavy atom. The molecule has 13 heavy (non-hydrogen) atoms. The van der Waals surface area contributed by atoms with Crippen LogP contribution in [-0.2, 0) is 0 Å². The van der Waals surface area contributed by atoms with Gasteiger partial charge in [-0.25, -0.2) is 0 Å². The van der Waals surface area contributed by atoms with Crippen molar-refractivity contribution in [3.63, 3.8) is 0 Å². The van der Waals surface area contributed by atoms with E-state index in [4.69, 9.17) is 0 Å². The van der Waals surface area contributed by atoms with Crippen LogP contribution in [-0.4, -0.2) is 0 Å². The molecule has 0 aromatic heterocycles. The monoisotopic (exact) mass is 180 g/mol. The predicted molar refractivity (Wildman–Crippen MR) is 57.6 cm³/mol. The Bertz CT molecular complexity index is 210. The minimum Gasteiger partial charge on any atom is -0.0648 e. The van der Waals surface area contributed by atoms with Gasteiger partial charge in [-0.05, 0) is 47.8 Å². The third-order valence-corrected chi connectivity index (χ3v) is 6.00. The molecule has 0 aliphatic heterocycles. The molecule has 4 unspecified atom stereocenters. The van der Waals surface area contributed by atoms with Gasteiger partial charge < -0.3 is 0 Å². The lowest BCUT2D eigenvalue weighted by Gasteiger charge is -2.74. The number of hydrogen-bond acceptors (Lipinski definition) is 0. The molecular formula is C13H24. The Balaban J connectivity index is 2.26. The van der Waals surface area contributed by atoms with Crippen LogP contribution in [0.2, 0.25) is 0 Å². The van der Waals surface area contributed by atoms with Crippen LogP contribution in [0.15, 0.2) is 0 Å². The van der Waals surface area contributed by atoms with E-state index in [1.54, 1.807) is 0 Å². The van der Waals surface area contributed by atoms with Gasteiger partial charge in [-0.2, -0.15) is 0 Å². The van der Waals surface area contributed by atoms with E-state index in [-0.39, 0.29) is 0 Å². The Labute approximate surface area is 83.1 Å². The zero-order chi connectivity index (χ0) is 9.85. The molecule has 2 aliphatic carbocycles. The van der Waals surface area contributed by atoms with E-state index >= 15 is 0 Å². The van der Waals surface area contributed by atoms with E-state index in [1.807, 2.05) is 0 Å². The van der Waals surface area contributed by atoms with Gasteiger partial charge in [0, 0.05) is 0 Å². The Morgan fingerprint density at radius 1 is 1.08 bits per heavy atom. The summed E-state index contributed by atoms with van der Waals surface area (Å²) in [6, 6.07) is 0. The standard InChI is InChI=1S/C13H24/c1-6-12(5)11(4)8-13(12)9(2)7-10(13)3/h9-11H,6-8H2,1-5H3. The smallest absolute Gasteiger partial charge is 0.0187 e. The summed E-state index contributed by atoms with van der Waals surface area (Å²) in [6.45, 7) is 12.3. The molecule has 0 heterocycles. The molecule has 4 atom stereocenters. The fourth-order valence-electron chi connectivity index (χ4n) is 4.77. The summed E-state index contributed by atoms with van der Waals surface area (Å²) in [4.78, 5) is 0. The average Bonchev–Trinajstić information content (AvgIpc) is 2.12.